The number of nitrogens with one attached hydrogen (secondary N) is 2. The van der Waals surface area contributed by atoms with E-state index in [4.69, 9.17) is 11.6 Å². The van der Waals surface area contributed by atoms with Gasteiger partial charge < -0.3 is 10.6 Å². The lowest BCUT2D eigenvalue weighted by atomic mass is 10.1. The summed E-state index contributed by atoms with van der Waals surface area (Å²) in [6.07, 6.45) is 9.75. The highest BCUT2D eigenvalue weighted by Crippen LogP contribution is 2.25. The fourth-order valence-corrected chi connectivity index (χ4v) is 2.69. The summed E-state index contributed by atoms with van der Waals surface area (Å²) in [6, 6.07) is 7.54. The second-order valence-electron chi connectivity index (χ2n) is 5.18. The van der Waals surface area contributed by atoms with Crippen LogP contribution in [0.5, 0.6) is 0 Å². The lowest BCUT2D eigenvalue weighted by Gasteiger charge is -2.06. The van der Waals surface area contributed by atoms with Crippen LogP contribution in [0.25, 0.3) is 0 Å². The Morgan fingerprint density at radius 1 is 1.35 bits per heavy atom. The van der Waals surface area contributed by atoms with Crippen molar-refractivity contribution in [2.45, 2.75) is 32.1 Å². The third-order valence-corrected chi connectivity index (χ3v) is 3.81. The van der Waals surface area contributed by atoms with Gasteiger partial charge in [-0.2, -0.15) is 0 Å². The summed E-state index contributed by atoms with van der Waals surface area (Å²) in [5.74, 6) is 0.641. The average molecular weight is 293 g/mol. The molecule has 0 aliphatic heterocycles. The SMILES string of the molecule is O=C(N/C=C/C1CCCC1)NCCc1cccc(Cl)c1. The molecule has 1 aromatic rings. The number of hydrogen-bond donors (Lipinski definition) is 2. The highest BCUT2D eigenvalue weighted by atomic mass is 35.5. The molecule has 1 aliphatic rings. The van der Waals surface area contributed by atoms with E-state index in [0.29, 0.717) is 12.5 Å². The molecule has 108 valence electrons. The van der Waals surface area contributed by atoms with Gasteiger partial charge in [-0.05, 0) is 42.9 Å². The summed E-state index contributed by atoms with van der Waals surface area (Å²) in [4.78, 5) is 11.6. The zero-order valence-corrected chi connectivity index (χ0v) is 12.3. The molecule has 1 aromatic carbocycles. The van der Waals surface area contributed by atoms with E-state index in [2.05, 4.69) is 16.7 Å². The Balaban J connectivity index is 1.62. The van der Waals surface area contributed by atoms with E-state index >= 15 is 0 Å². The molecule has 0 heterocycles. The molecule has 0 aromatic heterocycles. The van der Waals surface area contributed by atoms with Gasteiger partial charge in [0.05, 0.1) is 0 Å². The monoisotopic (exact) mass is 292 g/mol. The van der Waals surface area contributed by atoms with E-state index in [-0.39, 0.29) is 6.03 Å². The third-order valence-electron chi connectivity index (χ3n) is 3.57. The first-order valence-electron chi connectivity index (χ1n) is 7.19. The van der Waals surface area contributed by atoms with Gasteiger partial charge >= 0.3 is 6.03 Å². The van der Waals surface area contributed by atoms with Gasteiger partial charge in [0.1, 0.15) is 0 Å². The fraction of sp³-hybridized carbons (Fsp3) is 0.438. The molecule has 0 radical (unpaired) electrons. The van der Waals surface area contributed by atoms with Crippen molar-refractivity contribution >= 4 is 17.6 Å². The van der Waals surface area contributed by atoms with Crippen LogP contribution in [0.4, 0.5) is 4.79 Å². The molecule has 1 saturated carbocycles. The number of amides is 2. The normalized spacial score (nSPS) is 15.7. The largest absolute Gasteiger partial charge is 0.338 e. The summed E-state index contributed by atoms with van der Waals surface area (Å²) in [6.45, 7) is 0.601. The molecular weight excluding hydrogens is 272 g/mol. The minimum atomic E-state index is -0.152. The molecule has 2 rings (SSSR count). The van der Waals surface area contributed by atoms with Crippen LogP contribution in [0.2, 0.25) is 5.02 Å². The van der Waals surface area contributed by atoms with Crippen molar-refractivity contribution in [3.8, 4) is 0 Å². The lowest BCUT2D eigenvalue weighted by Crippen LogP contribution is -2.33. The molecule has 2 N–H and O–H groups in total. The number of benzene rings is 1. The van der Waals surface area contributed by atoms with Gasteiger partial charge in [-0.25, -0.2) is 4.79 Å². The van der Waals surface area contributed by atoms with Gasteiger partial charge in [-0.1, -0.05) is 42.7 Å². The van der Waals surface area contributed by atoms with Crippen molar-refractivity contribution in [3.63, 3.8) is 0 Å². The first-order chi connectivity index (χ1) is 9.74. The van der Waals surface area contributed by atoms with Gasteiger partial charge in [0.2, 0.25) is 0 Å². The third kappa shape index (κ3) is 5.25. The second kappa shape index (κ2) is 7.95. The van der Waals surface area contributed by atoms with E-state index in [1.807, 2.05) is 24.3 Å². The quantitative estimate of drug-likeness (QED) is 0.849. The number of halogens is 1. The van der Waals surface area contributed by atoms with E-state index in [1.165, 1.54) is 25.7 Å². The van der Waals surface area contributed by atoms with Crippen LogP contribution < -0.4 is 10.6 Å². The Bertz CT molecular complexity index is 467. The second-order valence-corrected chi connectivity index (χ2v) is 5.62. The van der Waals surface area contributed by atoms with Gasteiger partial charge in [0, 0.05) is 17.8 Å². The van der Waals surface area contributed by atoms with Gasteiger partial charge in [-0.3, -0.25) is 0 Å². The van der Waals surface area contributed by atoms with Crippen molar-refractivity contribution < 1.29 is 4.79 Å². The van der Waals surface area contributed by atoms with Crippen LogP contribution in [0.3, 0.4) is 0 Å². The molecular formula is C16H21ClN2O. The minimum Gasteiger partial charge on any atom is -0.338 e. The maximum atomic E-state index is 11.6. The highest BCUT2D eigenvalue weighted by Gasteiger charge is 2.11. The first-order valence-corrected chi connectivity index (χ1v) is 7.57. The molecule has 20 heavy (non-hydrogen) atoms. The Labute approximate surface area is 125 Å². The van der Waals surface area contributed by atoms with E-state index in [1.54, 1.807) is 6.20 Å². The maximum absolute atomic E-state index is 11.6. The highest BCUT2D eigenvalue weighted by molar-refractivity contribution is 6.30. The molecule has 0 atom stereocenters. The van der Waals surface area contributed by atoms with E-state index in [0.717, 1.165) is 17.0 Å². The van der Waals surface area contributed by atoms with Crippen LogP contribution in [-0.4, -0.2) is 12.6 Å². The van der Waals surface area contributed by atoms with Crippen LogP contribution in [0.1, 0.15) is 31.2 Å². The number of carbonyl (C=O) groups excluding carboxylic acids is 1. The minimum absolute atomic E-state index is 0.152. The van der Waals surface area contributed by atoms with Crippen LogP contribution in [0.15, 0.2) is 36.5 Å². The molecule has 0 unspecified atom stereocenters. The van der Waals surface area contributed by atoms with Gasteiger partial charge in [0.25, 0.3) is 0 Å². The standard InChI is InChI=1S/C16H21ClN2O/c17-15-7-3-6-14(12-15)9-11-19-16(20)18-10-8-13-4-1-2-5-13/h3,6-8,10,12-13H,1-2,4-5,9,11H2,(H2,18,19,20)/b10-8+. The Morgan fingerprint density at radius 3 is 2.90 bits per heavy atom. The Morgan fingerprint density at radius 2 is 2.15 bits per heavy atom. The lowest BCUT2D eigenvalue weighted by molar-refractivity contribution is 0.244. The van der Waals surface area contributed by atoms with Crippen LogP contribution >= 0.6 is 11.6 Å². The zero-order chi connectivity index (χ0) is 14.2. The summed E-state index contributed by atoms with van der Waals surface area (Å²) < 4.78 is 0. The van der Waals surface area contributed by atoms with Crippen molar-refractivity contribution in [3.05, 3.63) is 47.1 Å². The number of allylic oxidation sites excluding steroid dienone is 1. The van der Waals surface area contributed by atoms with Crippen LogP contribution in [0, 0.1) is 5.92 Å². The number of urea groups is 1. The Kier molecular flexibility index (Phi) is 5.93. The van der Waals surface area contributed by atoms with Crippen molar-refractivity contribution in [2.75, 3.05) is 6.54 Å². The predicted octanol–water partition coefficient (Wildman–Crippen LogP) is 3.89. The molecule has 2 amide bonds. The van der Waals surface area contributed by atoms with Crippen LogP contribution in [-0.2, 0) is 6.42 Å². The Hall–Kier alpha value is -1.48. The molecule has 1 aliphatic carbocycles. The maximum Gasteiger partial charge on any atom is 0.318 e. The van der Waals surface area contributed by atoms with Gasteiger partial charge in [-0.15, -0.1) is 0 Å². The van der Waals surface area contributed by atoms with E-state index < -0.39 is 0 Å². The van der Waals surface area contributed by atoms with E-state index in [9.17, 15) is 4.79 Å². The van der Waals surface area contributed by atoms with Crippen molar-refractivity contribution in [2.24, 2.45) is 5.92 Å². The predicted molar refractivity (Wildman–Crippen MR) is 82.8 cm³/mol. The van der Waals surface area contributed by atoms with Gasteiger partial charge in [0.15, 0.2) is 0 Å². The number of rotatable bonds is 5. The molecule has 0 spiro atoms. The molecule has 1 fully saturated rings. The zero-order valence-electron chi connectivity index (χ0n) is 11.6. The first kappa shape index (κ1) is 14.9. The molecule has 0 saturated heterocycles. The molecule has 0 bridgehead atoms. The summed E-state index contributed by atoms with van der Waals surface area (Å²) in [5.41, 5.74) is 1.12. The van der Waals surface area contributed by atoms with Crippen molar-refractivity contribution in [1.82, 2.24) is 10.6 Å². The van der Waals surface area contributed by atoms with Crippen molar-refractivity contribution in [1.29, 1.82) is 0 Å². The fourth-order valence-electron chi connectivity index (χ4n) is 2.47. The molecule has 4 heteroatoms. The smallest absolute Gasteiger partial charge is 0.318 e. The summed E-state index contributed by atoms with van der Waals surface area (Å²) in [5, 5.41) is 6.31. The number of hydrogen-bond acceptors (Lipinski definition) is 1. The number of carbonyl (C=O) groups is 1. The molecule has 3 nitrogen and oxygen atoms in total. The summed E-state index contributed by atoms with van der Waals surface area (Å²) >= 11 is 5.91. The topological polar surface area (TPSA) is 41.1 Å². The summed E-state index contributed by atoms with van der Waals surface area (Å²) in [7, 11) is 0. The average Bonchev–Trinajstić information content (AvgIpc) is 2.92.